The van der Waals surface area contributed by atoms with Gasteiger partial charge in [-0.2, -0.15) is 0 Å². The molecule has 0 saturated heterocycles. The van der Waals surface area contributed by atoms with Crippen LogP contribution >= 0.6 is 11.6 Å². The monoisotopic (exact) mass is 213 g/mol. The Morgan fingerprint density at radius 1 is 1.57 bits per heavy atom. The minimum absolute atomic E-state index is 0.353. The van der Waals surface area contributed by atoms with Crippen molar-refractivity contribution in [2.24, 2.45) is 5.73 Å². The van der Waals surface area contributed by atoms with E-state index in [9.17, 15) is 0 Å². The largest absolute Gasteiger partial charge is 0.352 e. The van der Waals surface area contributed by atoms with Crippen LogP contribution in [-0.4, -0.2) is 24.1 Å². The summed E-state index contributed by atoms with van der Waals surface area (Å²) in [6.45, 7) is 5.57. The quantitative estimate of drug-likeness (QED) is 0.831. The summed E-state index contributed by atoms with van der Waals surface area (Å²) in [6, 6.07) is 4.02. The normalized spacial score (nSPS) is 10.6. The fourth-order valence-corrected chi connectivity index (χ4v) is 1.57. The van der Waals surface area contributed by atoms with Gasteiger partial charge in [0.2, 0.25) is 0 Å². The lowest BCUT2D eigenvalue weighted by atomic mass is 10.3. The summed E-state index contributed by atoms with van der Waals surface area (Å²) in [5, 5.41) is 0.676. The Hall–Kier alpha value is -0.800. The molecule has 2 N–H and O–H groups in total. The summed E-state index contributed by atoms with van der Waals surface area (Å²) in [7, 11) is 0. The zero-order chi connectivity index (χ0) is 10.6. The number of anilines is 1. The molecule has 0 aliphatic rings. The van der Waals surface area contributed by atoms with Gasteiger partial charge in [-0.25, -0.2) is 4.98 Å². The van der Waals surface area contributed by atoms with Crippen LogP contribution in [0.5, 0.6) is 0 Å². The maximum Gasteiger partial charge on any atom is 0.147 e. The fraction of sp³-hybridized carbons (Fsp3) is 0.500. The van der Waals surface area contributed by atoms with Crippen molar-refractivity contribution in [3.8, 4) is 0 Å². The topological polar surface area (TPSA) is 42.1 Å². The second kappa shape index (κ2) is 5.17. The van der Waals surface area contributed by atoms with Gasteiger partial charge in [-0.05, 0) is 26.0 Å². The molecule has 14 heavy (non-hydrogen) atoms. The second-order valence-corrected chi connectivity index (χ2v) is 3.79. The number of hydrogen-bond donors (Lipinski definition) is 1. The van der Waals surface area contributed by atoms with Gasteiger partial charge in [-0.3, -0.25) is 0 Å². The third-order valence-corrected chi connectivity index (χ3v) is 2.30. The summed E-state index contributed by atoms with van der Waals surface area (Å²) in [5.41, 5.74) is 5.54. The number of pyridine rings is 1. The average molecular weight is 214 g/mol. The highest BCUT2D eigenvalue weighted by molar-refractivity contribution is 6.32. The zero-order valence-corrected chi connectivity index (χ0v) is 9.33. The zero-order valence-electron chi connectivity index (χ0n) is 8.57. The molecule has 1 heterocycles. The second-order valence-electron chi connectivity index (χ2n) is 3.38. The van der Waals surface area contributed by atoms with Gasteiger partial charge < -0.3 is 10.6 Å². The minimum atomic E-state index is 0.353. The first-order valence-electron chi connectivity index (χ1n) is 4.74. The van der Waals surface area contributed by atoms with Crippen molar-refractivity contribution < 1.29 is 0 Å². The molecule has 0 radical (unpaired) electrons. The van der Waals surface area contributed by atoms with E-state index < -0.39 is 0 Å². The lowest BCUT2D eigenvalue weighted by Gasteiger charge is -2.27. The van der Waals surface area contributed by atoms with Gasteiger partial charge in [0.05, 0.1) is 5.02 Å². The molecule has 0 fully saturated rings. The minimum Gasteiger partial charge on any atom is -0.352 e. The summed E-state index contributed by atoms with van der Waals surface area (Å²) < 4.78 is 0. The molecule has 0 amide bonds. The fourth-order valence-electron chi connectivity index (χ4n) is 1.34. The Bertz CT molecular complexity index is 288. The lowest BCUT2D eigenvalue weighted by molar-refractivity contribution is 0.675. The van der Waals surface area contributed by atoms with Crippen molar-refractivity contribution in [3.05, 3.63) is 23.4 Å². The van der Waals surface area contributed by atoms with E-state index in [1.165, 1.54) is 0 Å². The van der Waals surface area contributed by atoms with Gasteiger partial charge in [0.15, 0.2) is 0 Å². The summed E-state index contributed by atoms with van der Waals surface area (Å²) >= 11 is 6.05. The van der Waals surface area contributed by atoms with Crippen molar-refractivity contribution in [1.29, 1.82) is 0 Å². The molecule has 0 bridgehead atoms. The van der Waals surface area contributed by atoms with Gasteiger partial charge in [0.1, 0.15) is 5.82 Å². The van der Waals surface area contributed by atoms with Crippen molar-refractivity contribution in [1.82, 2.24) is 4.98 Å². The number of hydrogen-bond acceptors (Lipinski definition) is 3. The molecule has 0 aliphatic carbocycles. The van der Waals surface area contributed by atoms with E-state index in [2.05, 4.69) is 23.7 Å². The highest BCUT2D eigenvalue weighted by Gasteiger charge is 2.13. The Kier molecular flexibility index (Phi) is 4.17. The Balaban J connectivity index is 2.93. The predicted molar refractivity (Wildman–Crippen MR) is 60.8 cm³/mol. The van der Waals surface area contributed by atoms with Crippen LogP contribution in [0, 0.1) is 0 Å². The summed E-state index contributed by atoms with van der Waals surface area (Å²) in [4.78, 5) is 6.36. The highest BCUT2D eigenvalue weighted by Crippen LogP contribution is 2.23. The Morgan fingerprint density at radius 2 is 2.29 bits per heavy atom. The van der Waals surface area contributed by atoms with Crippen molar-refractivity contribution >= 4 is 17.4 Å². The van der Waals surface area contributed by atoms with Crippen LogP contribution in [0.4, 0.5) is 5.82 Å². The molecular weight excluding hydrogens is 198 g/mol. The maximum absolute atomic E-state index is 6.05. The van der Waals surface area contributed by atoms with Gasteiger partial charge in [-0.15, -0.1) is 0 Å². The standard InChI is InChI=1S/C10H16ClN3/c1-8(2)14(7-5-12)10-9(11)4-3-6-13-10/h3-4,6,8H,5,7,12H2,1-2H3. The van der Waals surface area contributed by atoms with Crippen LogP contribution in [0.25, 0.3) is 0 Å². The number of aromatic nitrogens is 1. The van der Waals surface area contributed by atoms with E-state index in [4.69, 9.17) is 17.3 Å². The van der Waals surface area contributed by atoms with E-state index in [0.717, 1.165) is 12.4 Å². The van der Waals surface area contributed by atoms with E-state index in [1.54, 1.807) is 6.20 Å². The molecule has 4 heteroatoms. The molecule has 3 nitrogen and oxygen atoms in total. The van der Waals surface area contributed by atoms with Crippen LogP contribution in [0.15, 0.2) is 18.3 Å². The van der Waals surface area contributed by atoms with Gasteiger partial charge in [0.25, 0.3) is 0 Å². The molecule has 0 atom stereocenters. The van der Waals surface area contributed by atoms with Crippen LogP contribution < -0.4 is 10.6 Å². The molecule has 0 saturated carbocycles. The molecule has 1 aromatic heterocycles. The summed E-state index contributed by atoms with van der Waals surface area (Å²) in [6.07, 6.45) is 1.74. The molecule has 1 rings (SSSR count). The summed E-state index contributed by atoms with van der Waals surface area (Å²) in [5.74, 6) is 0.814. The van der Waals surface area contributed by atoms with E-state index in [-0.39, 0.29) is 0 Å². The van der Waals surface area contributed by atoms with Crippen LogP contribution in [-0.2, 0) is 0 Å². The first-order chi connectivity index (χ1) is 6.66. The third kappa shape index (κ3) is 2.59. The number of nitrogens with zero attached hydrogens (tertiary/aromatic N) is 2. The van der Waals surface area contributed by atoms with Gasteiger partial charge in [0, 0.05) is 25.3 Å². The van der Waals surface area contributed by atoms with Crippen molar-refractivity contribution in [2.45, 2.75) is 19.9 Å². The van der Waals surface area contributed by atoms with Crippen LogP contribution in [0.3, 0.4) is 0 Å². The molecule has 0 aliphatic heterocycles. The predicted octanol–water partition coefficient (Wildman–Crippen LogP) is 1.91. The molecule has 0 unspecified atom stereocenters. The van der Waals surface area contributed by atoms with Gasteiger partial charge >= 0.3 is 0 Å². The molecule has 0 aromatic carbocycles. The highest BCUT2D eigenvalue weighted by atomic mass is 35.5. The van der Waals surface area contributed by atoms with Crippen molar-refractivity contribution in [3.63, 3.8) is 0 Å². The first kappa shape index (κ1) is 11.3. The maximum atomic E-state index is 6.05. The average Bonchev–Trinajstić information content (AvgIpc) is 2.15. The lowest BCUT2D eigenvalue weighted by Crippen LogP contribution is -2.36. The van der Waals surface area contributed by atoms with Gasteiger partial charge in [-0.1, -0.05) is 11.6 Å². The number of nitrogens with two attached hydrogens (primary N) is 1. The molecule has 78 valence electrons. The van der Waals surface area contributed by atoms with E-state index in [1.807, 2.05) is 12.1 Å². The van der Waals surface area contributed by atoms with E-state index >= 15 is 0 Å². The number of rotatable bonds is 4. The molecule has 0 spiro atoms. The van der Waals surface area contributed by atoms with Crippen molar-refractivity contribution in [2.75, 3.05) is 18.0 Å². The number of halogens is 1. The SMILES string of the molecule is CC(C)N(CCN)c1ncccc1Cl. The first-order valence-corrected chi connectivity index (χ1v) is 5.12. The van der Waals surface area contributed by atoms with E-state index in [0.29, 0.717) is 17.6 Å². The third-order valence-electron chi connectivity index (χ3n) is 2.00. The smallest absolute Gasteiger partial charge is 0.147 e. The molecular formula is C10H16ClN3. The Morgan fingerprint density at radius 3 is 2.79 bits per heavy atom. The van der Waals surface area contributed by atoms with Crippen LogP contribution in [0.1, 0.15) is 13.8 Å². The van der Waals surface area contributed by atoms with Crippen LogP contribution in [0.2, 0.25) is 5.02 Å². The Labute approximate surface area is 89.9 Å². The molecule has 1 aromatic rings.